The number of aliphatic hydroxyl groups is 4. The van der Waals surface area contributed by atoms with Crippen LogP contribution in [0.3, 0.4) is 0 Å². The van der Waals surface area contributed by atoms with E-state index in [-0.39, 0.29) is 0 Å². The highest BCUT2D eigenvalue weighted by Gasteiger charge is 2.43. The Balaban J connectivity index is 2.63. The van der Waals surface area contributed by atoms with Crippen molar-refractivity contribution in [3.63, 3.8) is 0 Å². The monoisotopic (exact) mass is 180 g/mol. The first-order chi connectivity index (χ1) is 5.57. The molecule has 6 nitrogen and oxygen atoms in total. The fraction of sp³-hybridized carbons (Fsp3) is 1.00. The van der Waals surface area contributed by atoms with Crippen molar-refractivity contribution in [3.05, 3.63) is 0 Å². The Morgan fingerprint density at radius 1 is 1.17 bits per heavy atom. The largest absolute Gasteiger partial charge is 0.394 e. The molecule has 1 saturated heterocycles. The topological polar surface area (TPSA) is 118 Å². The molecule has 0 bridgehead atoms. The fourth-order valence-electron chi connectivity index (χ4n) is 1.15. The predicted octanol–water partition coefficient (Wildman–Crippen LogP) is -3.97. The minimum absolute atomic E-state index is 0.442. The van der Waals surface area contributed by atoms with Gasteiger partial charge in [0.1, 0.15) is 18.3 Å². The molecule has 12 heavy (non-hydrogen) atoms. The van der Waals surface area contributed by atoms with Crippen LogP contribution < -0.4 is 5.73 Å². The van der Waals surface area contributed by atoms with Crippen molar-refractivity contribution in [1.82, 2.24) is 0 Å². The Kier molecular flexibility index (Phi) is 2.99. The van der Waals surface area contributed by atoms with Gasteiger partial charge in [-0.25, -0.2) is 0 Å². The molecule has 0 saturated carbocycles. The second-order valence-corrected chi connectivity index (χ2v) is 2.89. The summed E-state index contributed by atoms with van der Waals surface area (Å²) in [6.07, 6.45) is -4.53. The molecule has 72 valence electrons. The summed E-state index contributed by atoms with van der Waals surface area (Å²) in [6, 6.07) is -0.789. The van der Waals surface area contributed by atoms with Crippen molar-refractivity contribution in [3.8, 4) is 0 Å². The number of quaternary nitrogens is 1. The molecule has 0 aromatic carbocycles. The average molecular weight is 180 g/mol. The molecule has 1 fully saturated rings. The summed E-state index contributed by atoms with van der Waals surface area (Å²) < 4.78 is 4.76. The van der Waals surface area contributed by atoms with Gasteiger partial charge in [0.2, 0.25) is 6.29 Å². The molecule has 0 amide bonds. The van der Waals surface area contributed by atoms with Crippen molar-refractivity contribution in [2.24, 2.45) is 0 Å². The normalized spacial score (nSPS) is 49.2. The van der Waals surface area contributed by atoms with Crippen molar-refractivity contribution in [2.45, 2.75) is 30.6 Å². The summed E-state index contributed by atoms with van der Waals surface area (Å²) in [5.74, 6) is 0. The molecule has 7 N–H and O–H groups in total. The van der Waals surface area contributed by atoms with Gasteiger partial charge in [-0.15, -0.1) is 0 Å². The van der Waals surface area contributed by atoms with Crippen molar-refractivity contribution in [2.75, 3.05) is 6.61 Å². The van der Waals surface area contributed by atoms with Crippen LogP contribution in [0.1, 0.15) is 0 Å². The minimum Gasteiger partial charge on any atom is -0.394 e. The second kappa shape index (κ2) is 3.65. The van der Waals surface area contributed by atoms with Crippen molar-refractivity contribution < 1.29 is 30.9 Å². The second-order valence-electron chi connectivity index (χ2n) is 2.89. The highest BCUT2D eigenvalue weighted by atomic mass is 16.6. The number of hydrogen-bond donors (Lipinski definition) is 5. The van der Waals surface area contributed by atoms with E-state index < -0.39 is 37.3 Å². The SMILES string of the molecule is [NH3+][C@H]1[C@@H](O)[C@@H](O)[C@H](CO)O[C@H]1O. The standard InChI is InChI=1S/C6H13NO5/c7-3-5(10)4(9)2(1-8)12-6(3)11/h2-6,8-11H,1,7H2/p+1/t2-,3-,4-,5+,6+/m0/s1. The number of hydrogen-bond acceptors (Lipinski definition) is 5. The van der Waals surface area contributed by atoms with E-state index in [1.807, 2.05) is 0 Å². The van der Waals surface area contributed by atoms with Crippen LogP contribution in [-0.2, 0) is 4.74 Å². The number of rotatable bonds is 1. The van der Waals surface area contributed by atoms with Gasteiger partial charge in [0.25, 0.3) is 0 Å². The Hall–Kier alpha value is -0.240. The molecular weight excluding hydrogens is 166 g/mol. The lowest BCUT2D eigenvalue weighted by Crippen LogP contribution is -2.77. The van der Waals surface area contributed by atoms with Gasteiger partial charge in [-0.3, -0.25) is 0 Å². The van der Waals surface area contributed by atoms with Crippen LogP contribution in [0.25, 0.3) is 0 Å². The first-order valence-corrected chi connectivity index (χ1v) is 3.71. The van der Waals surface area contributed by atoms with E-state index in [4.69, 9.17) is 14.9 Å². The predicted molar refractivity (Wildman–Crippen MR) is 36.7 cm³/mol. The molecule has 1 rings (SSSR count). The molecular formula is C6H14NO5+. The third-order valence-electron chi connectivity index (χ3n) is 2.03. The van der Waals surface area contributed by atoms with Crippen LogP contribution >= 0.6 is 0 Å². The van der Waals surface area contributed by atoms with E-state index in [2.05, 4.69) is 5.73 Å². The molecule has 1 aliphatic rings. The van der Waals surface area contributed by atoms with E-state index in [0.717, 1.165) is 0 Å². The summed E-state index contributed by atoms with van der Waals surface area (Å²) in [6.45, 7) is -0.442. The summed E-state index contributed by atoms with van der Waals surface area (Å²) in [5, 5.41) is 36.3. The lowest BCUT2D eigenvalue weighted by atomic mass is 9.98. The third-order valence-corrected chi connectivity index (χ3v) is 2.03. The zero-order chi connectivity index (χ0) is 9.30. The third kappa shape index (κ3) is 1.58. The molecule has 1 heterocycles. The van der Waals surface area contributed by atoms with E-state index in [1.165, 1.54) is 0 Å². The van der Waals surface area contributed by atoms with Gasteiger partial charge >= 0.3 is 0 Å². The summed E-state index contributed by atoms with van der Waals surface area (Å²) >= 11 is 0. The van der Waals surface area contributed by atoms with Gasteiger partial charge in [0.05, 0.1) is 6.61 Å². The minimum atomic E-state index is -1.24. The van der Waals surface area contributed by atoms with Crippen LogP contribution in [0.2, 0.25) is 0 Å². The highest BCUT2D eigenvalue weighted by Crippen LogP contribution is 2.16. The van der Waals surface area contributed by atoms with Crippen LogP contribution in [0.4, 0.5) is 0 Å². The zero-order valence-corrected chi connectivity index (χ0v) is 6.50. The Morgan fingerprint density at radius 2 is 1.75 bits per heavy atom. The Bertz CT molecular complexity index is 150. The molecule has 1 aliphatic heterocycles. The van der Waals surface area contributed by atoms with Crippen molar-refractivity contribution in [1.29, 1.82) is 0 Å². The van der Waals surface area contributed by atoms with Crippen molar-refractivity contribution >= 4 is 0 Å². The Morgan fingerprint density at radius 3 is 2.25 bits per heavy atom. The smallest absolute Gasteiger partial charge is 0.211 e. The van der Waals surface area contributed by atoms with Crippen LogP contribution in [0, 0.1) is 0 Å². The molecule has 0 unspecified atom stereocenters. The molecule has 0 aromatic heterocycles. The van der Waals surface area contributed by atoms with E-state index >= 15 is 0 Å². The molecule has 0 spiro atoms. The molecule has 5 atom stereocenters. The molecule has 0 aliphatic carbocycles. The summed E-state index contributed by atoms with van der Waals surface area (Å²) in [5.41, 5.74) is 3.41. The lowest BCUT2D eigenvalue weighted by Gasteiger charge is -2.36. The van der Waals surface area contributed by atoms with Gasteiger partial charge in [-0.1, -0.05) is 0 Å². The maximum atomic E-state index is 9.25. The van der Waals surface area contributed by atoms with Gasteiger partial charge in [0.15, 0.2) is 6.04 Å². The van der Waals surface area contributed by atoms with E-state index in [9.17, 15) is 10.2 Å². The average Bonchev–Trinajstić information content (AvgIpc) is 2.08. The molecule has 0 aromatic rings. The van der Waals surface area contributed by atoms with E-state index in [1.54, 1.807) is 0 Å². The van der Waals surface area contributed by atoms with E-state index in [0.29, 0.717) is 0 Å². The molecule has 6 heteroatoms. The van der Waals surface area contributed by atoms with Crippen LogP contribution in [0.15, 0.2) is 0 Å². The molecule has 0 radical (unpaired) electrons. The highest BCUT2D eigenvalue weighted by molar-refractivity contribution is 4.87. The summed E-state index contributed by atoms with van der Waals surface area (Å²) in [4.78, 5) is 0. The lowest BCUT2D eigenvalue weighted by molar-refractivity contribution is -0.497. The first-order valence-electron chi connectivity index (χ1n) is 3.71. The van der Waals surface area contributed by atoms with Crippen LogP contribution in [-0.4, -0.2) is 57.7 Å². The van der Waals surface area contributed by atoms with Gasteiger partial charge in [-0.2, -0.15) is 0 Å². The fourth-order valence-corrected chi connectivity index (χ4v) is 1.15. The maximum absolute atomic E-state index is 9.25. The maximum Gasteiger partial charge on any atom is 0.211 e. The van der Waals surface area contributed by atoms with Gasteiger partial charge in [0, 0.05) is 0 Å². The zero-order valence-electron chi connectivity index (χ0n) is 6.50. The van der Waals surface area contributed by atoms with Gasteiger partial charge in [-0.05, 0) is 0 Å². The quantitative estimate of drug-likeness (QED) is 0.282. The number of ether oxygens (including phenoxy) is 1. The first kappa shape index (κ1) is 9.85. The summed E-state index contributed by atoms with van der Waals surface area (Å²) in [7, 11) is 0. The Labute approximate surface area is 69.2 Å². The van der Waals surface area contributed by atoms with Crippen LogP contribution in [0.5, 0.6) is 0 Å². The number of aliphatic hydroxyl groups excluding tert-OH is 4. The van der Waals surface area contributed by atoms with Gasteiger partial charge < -0.3 is 30.9 Å².